The third kappa shape index (κ3) is 2.96. The normalized spacial score (nSPS) is 17.2. The molecule has 3 rings (SSSR count). The van der Waals surface area contributed by atoms with Gasteiger partial charge >= 0.3 is 5.69 Å². The van der Waals surface area contributed by atoms with Gasteiger partial charge in [0.25, 0.3) is 5.56 Å². The van der Waals surface area contributed by atoms with E-state index in [1.807, 2.05) is 0 Å². The monoisotopic (exact) mass is 321 g/mol. The van der Waals surface area contributed by atoms with Gasteiger partial charge in [0.05, 0.1) is 12.4 Å². The van der Waals surface area contributed by atoms with Crippen LogP contribution < -0.4 is 11.2 Å². The predicted octanol–water partition coefficient (Wildman–Crippen LogP) is -0.719. The fourth-order valence-corrected chi connectivity index (χ4v) is 3.19. The first-order valence-corrected chi connectivity index (χ1v) is 8.00. The van der Waals surface area contributed by atoms with Crippen molar-refractivity contribution in [2.24, 2.45) is 14.1 Å². The second-order valence-corrected chi connectivity index (χ2v) is 6.25. The van der Waals surface area contributed by atoms with Gasteiger partial charge < -0.3 is 14.6 Å². The van der Waals surface area contributed by atoms with Gasteiger partial charge in [0, 0.05) is 33.7 Å². The maximum atomic E-state index is 12.6. The molecular formula is C15H23N5O3. The number of fused-ring (bicyclic) bond motifs is 1. The summed E-state index contributed by atoms with van der Waals surface area (Å²) in [5.74, 6) is 0. The number of aromatic nitrogens is 4. The molecule has 0 atom stereocenters. The van der Waals surface area contributed by atoms with Gasteiger partial charge in [-0.1, -0.05) is 0 Å². The van der Waals surface area contributed by atoms with Crippen LogP contribution in [0.2, 0.25) is 0 Å². The van der Waals surface area contributed by atoms with Crippen molar-refractivity contribution in [2.75, 3.05) is 19.6 Å². The molecule has 1 fully saturated rings. The van der Waals surface area contributed by atoms with E-state index in [4.69, 9.17) is 0 Å². The van der Waals surface area contributed by atoms with Crippen LogP contribution in [0, 0.1) is 0 Å². The van der Waals surface area contributed by atoms with Crippen LogP contribution in [0.25, 0.3) is 11.2 Å². The molecule has 0 aliphatic carbocycles. The number of aliphatic hydroxyl groups is 1. The fraction of sp³-hybridized carbons (Fsp3) is 0.667. The van der Waals surface area contributed by atoms with Crippen LogP contribution in [0.4, 0.5) is 0 Å². The van der Waals surface area contributed by atoms with Gasteiger partial charge in [-0.3, -0.25) is 13.9 Å². The minimum absolute atomic E-state index is 0.187. The summed E-state index contributed by atoms with van der Waals surface area (Å²) in [5, 5.41) is 9.52. The number of imidazole rings is 1. The Kier molecular flexibility index (Phi) is 4.36. The Morgan fingerprint density at radius 2 is 1.91 bits per heavy atom. The van der Waals surface area contributed by atoms with Crippen LogP contribution in [0.5, 0.6) is 0 Å². The number of rotatable bonds is 4. The van der Waals surface area contributed by atoms with E-state index in [2.05, 4.69) is 9.88 Å². The topological polar surface area (TPSA) is 85.3 Å². The van der Waals surface area contributed by atoms with Gasteiger partial charge in [0.2, 0.25) is 0 Å². The molecule has 1 aliphatic rings. The highest BCUT2D eigenvalue weighted by Crippen LogP contribution is 2.10. The van der Waals surface area contributed by atoms with Crippen molar-refractivity contribution in [3.05, 3.63) is 27.2 Å². The molecule has 0 aromatic carbocycles. The second kappa shape index (κ2) is 6.29. The lowest BCUT2D eigenvalue weighted by Crippen LogP contribution is -2.41. The largest absolute Gasteiger partial charge is 0.393 e. The summed E-state index contributed by atoms with van der Waals surface area (Å²) in [4.78, 5) is 31.3. The van der Waals surface area contributed by atoms with Crippen LogP contribution in [0.3, 0.4) is 0 Å². The summed E-state index contributed by atoms with van der Waals surface area (Å²) < 4.78 is 4.37. The standard InChI is InChI=1S/C15H23N5O3/c1-17-10-16-13-12(17)14(22)20(15(23)18(13)2)7-3-6-19-8-4-11(21)5-9-19/h10-11,21H,3-9H2,1-2H3. The molecule has 2 aromatic heterocycles. The zero-order valence-electron chi connectivity index (χ0n) is 13.6. The smallest absolute Gasteiger partial charge is 0.332 e. The summed E-state index contributed by atoms with van der Waals surface area (Å²) in [5.41, 5.74) is 0.268. The first-order chi connectivity index (χ1) is 11.0. The van der Waals surface area contributed by atoms with Crippen LogP contribution in [-0.2, 0) is 20.6 Å². The number of nitrogens with zero attached hydrogens (tertiary/aromatic N) is 5. The van der Waals surface area contributed by atoms with Crippen molar-refractivity contribution >= 4 is 11.2 Å². The highest BCUT2D eigenvalue weighted by molar-refractivity contribution is 5.69. The molecule has 8 nitrogen and oxygen atoms in total. The number of aryl methyl sites for hydroxylation is 2. The average molecular weight is 321 g/mol. The van der Waals surface area contributed by atoms with Crippen molar-refractivity contribution in [2.45, 2.75) is 31.9 Å². The molecule has 0 bridgehead atoms. The third-order valence-electron chi connectivity index (χ3n) is 4.61. The molecule has 0 amide bonds. The van der Waals surface area contributed by atoms with Gasteiger partial charge in [-0.2, -0.15) is 0 Å². The Morgan fingerprint density at radius 3 is 2.61 bits per heavy atom. The van der Waals surface area contributed by atoms with Crippen molar-refractivity contribution in [3.63, 3.8) is 0 Å². The van der Waals surface area contributed by atoms with Gasteiger partial charge in [-0.05, 0) is 25.8 Å². The highest BCUT2D eigenvalue weighted by atomic mass is 16.3. The molecule has 8 heteroatoms. The molecule has 1 aliphatic heterocycles. The summed E-state index contributed by atoms with van der Waals surface area (Å²) in [6, 6.07) is 0. The van der Waals surface area contributed by atoms with Gasteiger partial charge in [0.1, 0.15) is 0 Å². The van der Waals surface area contributed by atoms with Crippen molar-refractivity contribution in [1.29, 1.82) is 0 Å². The summed E-state index contributed by atoms with van der Waals surface area (Å²) in [6.07, 6.45) is 3.68. The number of aliphatic hydroxyl groups excluding tert-OH is 1. The third-order valence-corrected chi connectivity index (χ3v) is 4.61. The molecule has 0 saturated carbocycles. The predicted molar refractivity (Wildman–Crippen MR) is 86.5 cm³/mol. The lowest BCUT2D eigenvalue weighted by atomic mass is 10.1. The van der Waals surface area contributed by atoms with Crippen molar-refractivity contribution in [1.82, 2.24) is 23.6 Å². The molecule has 0 unspecified atom stereocenters. The van der Waals surface area contributed by atoms with Crippen LogP contribution in [-0.4, -0.2) is 54.4 Å². The number of hydrogen-bond acceptors (Lipinski definition) is 5. The van der Waals surface area contributed by atoms with Crippen LogP contribution in [0.15, 0.2) is 15.9 Å². The van der Waals surface area contributed by atoms with E-state index in [0.29, 0.717) is 17.7 Å². The SMILES string of the molecule is Cn1cnc2c1c(=O)n(CCCN1CCC(O)CC1)c(=O)n2C. The van der Waals surface area contributed by atoms with Gasteiger partial charge in [-0.15, -0.1) is 0 Å². The first kappa shape index (κ1) is 15.9. The minimum Gasteiger partial charge on any atom is -0.393 e. The van der Waals surface area contributed by atoms with E-state index in [1.165, 1.54) is 9.13 Å². The Labute approximate surface area is 133 Å². The van der Waals surface area contributed by atoms with Crippen LogP contribution >= 0.6 is 0 Å². The maximum absolute atomic E-state index is 12.6. The summed E-state index contributed by atoms with van der Waals surface area (Å²) in [6.45, 7) is 2.96. The Hall–Kier alpha value is -1.93. The quantitative estimate of drug-likeness (QED) is 0.803. The molecule has 1 saturated heterocycles. The van der Waals surface area contributed by atoms with Crippen molar-refractivity contribution < 1.29 is 5.11 Å². The molecule has 3 heterocycles. The highest BCUT2D eigenvalue weighted by Gasteiger charge is 2.18. The number of likely N-dealkylation sites (tertiary alicyclic amines) is 1. The number of hydrogen-bond donors (Lipinski definition) is 1. The minimum atomic E-state index is -0.324. The van der Waals surface area contributed by atoms with E-state index < -0.39 is 0 Å². The summed E-state index contributed by atoms with van der Waals surface area (Å²) >= 11 is 0. The zero-order chi connectivity index (χ0) is 16.6. The molecule has 23 heavy (non-hydrogen) atoms. The Morgan fingerprint density at radius 1 is 1.22 bits per heavy atom. The van der Waals surface area contributed by atoms with Crippen molar-refractivity contribution in [3.8, 4) is 0 Å². The zero-order valence-corrected chi connectivity index (χ0v) is 13.6. The second-order valence-electron chi connectivity index (χ2n) is 6.25. The maximum Gasteiger partial charge on any atom is 0.332 e. The average Bonchev–Trinajstić information content (AvgIpc) is 2.92. The summed E-state index contributed by atoms with van der Waals surface area (Å²) in [7, 11) is 3.39. The molecule has 1 N–H and O–H groups in total. The van der Waals surface area contributed by atoms with E-state index in [-0.39, 0.29) is 17.4 Å². The van der Waals surface area contributed by atoms with E-state index >= 15 is 0 Å². The lowest BCUT2D eigenvalue weighted by Gasteiger charge is -2.29. The van der Waals surface area contributed by atoms with Crippen LogP contribution in [0.1, 0.15) is 19.3 Å². The molecule has 0 spiro atoms. The Balaban J connectivity index is 1.77. The fourth-order valence-electron chi connectivity index (χ4n) is 3.19. The van der Waals surface area contributed by atoms with Gasteiger partial charge in [0.15, 0.2) is 11.2 Å². The van der Waals surface area contributed by atoms with E-state index in [0.717, 1.165) is 38.9 Å². The molecular weight excluding hydrogens is 298 g/mol. The van der Waals surface area contributed by atoms with E-state index in [1.54, 1.807) is 25.0 Å². The first-order valence-electron chi connectivity index (χ1n) is 8.00. The van der Waals surface area contributed by atoms with E-state index in [9.17, 15) is 14.7 Å². The number of piperidine rings is 1. The Bertz CT molecular complexity index is 811. The lowest BCUT2D eigenvalue weighted by molar-refractivity contribution is 0.0814. The molecule has 126 valence electrons. The molecule has 0 radical (unpaired) electrons. The van der Waals surface area contributed by atoms with Gasteiger partial charge in [-0.25, -0.2) is 9.78 Å². The molecule has 2 aromatic rings.